The van der Waals surface area contributed by atoms with Gasteiger partial charge in [0.25, 0.3) is 26.0 Å². The van der Waals surface area contributed by atoms with Gasteiger partial charge in [-0.1, -0.05) is 23.2 Å². The van der Waals surface area contributed by atoms with Gasteiger partial charge in [-0.2, -0.15) is 0 Å². The summed E-state index contributed by atoms with van der Waals surface area (Å²) in [4.78, 5) is 25.2. The lowest BCUT2D eigenvalue weighted by Gasteiger charge is -2.34. The van der Waals surface area contributed by atoms with Gasteiger partial charge in [0.05, 0.1) is 20.4 Å². The zero-order valence-corrected chi connectivity index (χ0v) is 33.5. The Balaban J connectivity index is 0.000000197. The van der Waals surface area contributed by atoms with Gasteiger partial charge in [-0.3, -0.25) is 14.2 Å². The van der Waals surface area contributed by atoms with Crippen LogP contribution in [0.5, 0.6) is 0 Å². The molecule has 0 bridgehead atoms. The maximum absolute atomic E-state index is 12.5. The van der Waals surface area contributed by atoms with E-state index in [2.05, 4.69) is 34.5 Å². The molecule has 286 valence electrons. The molecule has 0 radical (unpaired) electrons. The van der Waals surface area contributed by atoms with E-state index < -0.39 is 20.0 Å². The smallest absolute Gasteiger partial charge is 0.263 e. The van der Waals surface area contributed by atoms with Crippen LogP contribution in [0.2, 0.25) is 10.0 Å². The first kappa shape index (κ1) is 39.7. The number of sulfonamides is 2. The lowest BCUT2D eigenvalue weighted by atomic mass is 10.0. The fourth-order valence-electron chi connectivity index (χ4n) is 5.94. The van der Waals surface area contributed by atoms with E-state index in [0.717, 1.165) is 63.2 Å². The third-order valence-electron chi connectivity index (χ3n) is 8.88. The van der Waals surface area contributed by atoms with E-state index in [1.807, 2.05) is 12.1 Å². The Morgan fingerprint density at radius 3 is 1.59 bits per heavy atom. The number of halogens is 2. The number of hydrogen-bond acceptors (Lipinski definition) is 12. The van der Waals surface area contributed by atoms with Crippen LogP contribution < -0.4 is 30.3 Å². The SMILES string of the molecule is NC1CCN(c2ccc(S(=O)(=O)Nc3nccs3)cc2)CC1.O=C(NC1CCN(c2ccc(S(=O)(=O)Nc3nccs3)cc2)CC1)c1ccc(Cl)cc1Cl. The summed E-state index contributed by atoms with van der Waals surface area (Å²) in [6, 6.07) is 18.8. The molecule has 2 fully saturated rings. The van der Waals surface area contributed by atoms with Gasteiger partial charge in [-0.15, -0.1) is 22.7 Å². The van der Waals surface area contributed by atoms with Crippen molar-refractivity contribution in [3.05, 3.63) is 105 Å². The number of anilines is 4. The highest BCUT2D eigenvalue weighted by atomic mass is 35.5. The minimum absolute atomic E-state index is 0.0349. The van der Waals surface area contributed by atoms with Crippen molar-refractivity contribution in [1.82, 2.24) is 15.3 Å². The number of thiazole rings is 2. The first-order valence-electron chi connectivity index (χ1n) is 16.9. The van der Waals surface area contributed by atoms with Crippen LogP contribution in [0.1, 0.15) is 36.0 Å². The predicted octanol–water partition coefficient (Wildman–Crippen LogP) is 6.52. The molecule has 0 aliphatic carbocycles. The molecule has 2 saturated heterocycles. The zero-order valence-electron chi connectivity index (χ0n) is 28.8. The summed E-state index contributed by atoms with van der Waals surface area (Å²) in [7, 11) is -7.25. The average Bonchev–Trinajstić information content (AvgIpc) is 3.87. The monoisotopic (exact) mass is 848 g/mol. The molecule has 0 saturated carbocycles. The number of benzene rings is 3. The number of carbonyl (C=O) groups is 1. The molecule has 13 nitrogen and oxygen atoms in total. The van der Waals surface area contributed by atoms with Crippen molar-refractivity contribution < 1.29 is 21.6 Å². The van der Waals surface area contributed by atoms with E-state index in [1.54, 1.807) is 77.8 Å². The largest absolute Gasteiger partial charge is 0.371 e. The van der Waals surface area contributed by atoms with Gasteiger partial charge in [0.15, 0.2) is 10.3 Å². The molecule has 1 amide bonds. The van der Waals surface area contributed by atoms with Gasteiger partial charge >= 0.3 is 0 Å². The molecule has 0 atom stereocenters. The number of aromatic nitrogens is 2. The van der Waals surface area contributed by atoms with Gasteiger partial charge in [0.2, 0.25) is 0 Å². The molecule has 2 aliphatic rings. The zero-order chi connectivity index (χ0) is 38.3. The van der Waals surface area contributed by atoms with E-state index in [4.69, 9.17) is 28.9 Å². The summed E-state index contributed by atoms with van der Waals surface area (Å²) in [5.74, 6) is -0.215. The van der Waals surface area contributed by atoms with Crippen LogP contribution in [0, 0.1) is 0 Å². The van der Waals surface area contributed by atoms with Crippen LogP contribution in [0.4, 0.5) is 21.6 Å². The molecule has 3 aromatic carbocycles. The summed E-state index contributed by atoms with van der Waals surface area (Å²) in [5.41, 5.74) is 8.27. The van der Waals surface area contributed by atoms with Crippen LogP contribution in [0.15, 0.2) is 99.7 Å². The Kier molecular flexibility index (Phi) is 13.0. The molecule has 5 N–H and O–H groups in total. The molecule has 2 aromatic heterocycles. The fraction of sp³-hybridized carbons (Fsp3) is 0.286. The summed E-state index contributed by atoms with van der Waals surface area (Å²) < 4.78 is 54.4. The predicted molar refractivity (Wildman–Crippen MR) is 217 cm³/mol. The van der Waals surface area contributed by atoms with Crippen molar-refractivity contribution in [2.24, 2.45) is 5.73 Å². The maximum Gasteiger partial charge on any atom is 0.263 e. The van der Waals surface area contributed by atoms with Crippen LogP contribution >= 0.6 is 45.9 Å². The number of nitrogens with zero attached hydrogens (tertiary/aromatic N) is 4. The van der Waals surface area contributed by atoms with Crippen LogP contribution in [0.3, 0.4) is 0 Å². The van der Waals surface area contributed by atoms with Crippen LogP contribution in [-0.2, 0) is 20.0 Å². The third kappa shape index (κ3) is 10.4. The van der Waals surface area contributed by atoms with Crippen molar-refractivity contribution >= 4 is 93.5 Å². The molecule has 2 aliphatic heterocycles. The molecular weight excluding hydrogens is 812 g/mol. The maximum atomic E-state index is 12.5. The Bertz CT molecular complexity index is 2210. The van der Waals surface area contributed by atoms with Gasteiger partial charge in [-0.25, -0.2) is 26.8 Å². The average molecular weight is 850 g/mol. The molecule has 0 spiro atoms. The van der Waals surface area contributed by atoms with E-state index in [-0.39, 0.29) is 27.8 Å². The number of carbonyl (C=O) groups excluding carboxylic acids is 1. The summed E-state index contributed by atoms with van der Waals surface area (Å²) in [5, 5.41) is 7.97. The van der Waals surface area contributed by atoms with Gasteiger partial charge in [0.1, 0.15) is 0 Å². The lowest BCUT2D eigenvalue weighted by Crippen LogP contribution is -2.44. The second-order valence-electron chi connectivity index (χ2n) is 12.6. The Labute approximate surface area is 332 Å². The first-order valence-corrected chi connectivity index (χ1v) is 22.4. The molecule has 5 aromatic rings. The van der Waals surface area contributed by atoms with E-state index in [0.29, 0.717) is 25.9 Å². The second kappa shape index (κ2) is 17.7. The highest BCUT2D eigenvalue weighted by Crippen LogP contribution is 2.26. The Morgan fingerprint density at radius 1 is 0.704 bits per heavy atom. The first-order chi connectivity index (χ1) is 25.9. The Morgan fingerprint density at radius 2 is 1.17 bits per heavy atom. The van der Waals surface area contributed by atoms with Crippen molar-refractivity contribution in [2.75, 3.05) is 45.4 Å². The normalized spacial score (nSPS) is 15.6. The number of amides is 1. The number of rotatable bonds is 10. The number of nitrogens with one attached hydrogen (secondary N) is 3. The molecule has 4 heterocycles. The standard InChI is InChI=1S/C21H20Cl2N4O3S2.C14H18N4O2S2/c22-14-1-6-18(19(23)13-14)20(28)25-15-7-10-27(11-8-15)16-2-4-17(5-3-16)32(29,30)26-21-24-9-12-31-21;15-11-5-8-18(9-6-11)12-1-3-13(4-2-12)22(19,20)17-14-16-7-10-21-14/h1-6,9,12-13,15H,7-8,10-11H2,(H,24,26)(H,25,28);1-4,7,10-11H,5-6,8-9,15H2,(H,16,17). The molecule has 0 unspecified atom stereocenters. The number of hydrogen-bond donors (Lipinski definition) is 4. The highest BCUT2D eigenvalue weighted by Gasteiger charge is 2.24. The highest BCUT2D eigenvalue weighted by molar-refractivity contribution is 7.93. The van der Waals surface area contributed by atoms with Gasteiger partial charge < -0.3 is 20.9 Å². The van der Waals surface area contributed by atoms with E-state index in [9.17, 15) is 21.6 Å². The number of piperidine rings is 2. The van der Waals surface area contributed by atoms with Crippen molar-refractivity contribution in [1.29, 1.82) is 0 Å². The fourth-order valence-corrected chi connectivity index (χ4v) is 10.0. The Hall–Kier alpha value is -3.97. The van der Waals surface area contributed by atoms with Gasteiger partial charge in [0, 0.05) is 77.8 Å². The summed E-state index contributed by atoms with van der Waals surface area (Å²) >= 11 is 14.5. The van der Waals surface area contributed by atoms with Crippen molar-refractivity contribution in [3.8, 4) is 0 Å². The third-order valence-corrected chi connectivity index (χ3v) is 13.8. The molecule has 54 heavy (non-hydrogen) atoms. The van der Waals surface area contributed by atoms with Crippen LogP contribution in [-0.4, -0.2) is 71.0 Å². The summed E-state index contributed by atoms with van der Waals surface area (Å²) in [6.07, 6.45) is 6.57. The topological polar surface area (TPSA) is 180 Å². The lowest BCUT2D eigenvalue weighted by molar-refractivity contribution is 0.0931. The summed E-state index contributed by atoms with van der Waals surface area (Å²) in [6.45, 7) is 3.29. The quantitative estimate of drug-likeness (QED) is 0.121. The molecular formula is C35H38Cl2N8O5S4. The van der Waals surface area contributed by atoms with Crippen molar-refractivity contribution in [3.63, 3.8) is 0 Å². The second-order valence-corrected chi connectivity index (χ2v) is 18.6. The number of nitrogens with two attached hydrogens (primary N) is 1. The minimum atomic E-state index is -3.67. The molecule has 7 rings (SSSR count). The van der Waals surface area contributed by atoms with E-state index in [1.165, 1.54) is 22.7 Å². The van der Waals surface area contributed by atoms with Crippen LogP contribution in [0.25, 0.3) is 0 Å². The van der Waals surface area contributed by atoms with Gasteiger partial charge in [-0.05, 0) is 92.4 Å². The van der Waals surface area contributed by atoms with Crippen molar-refractivity contribution in [2.45, 2.75) is 47.6 Å². The minimum Gasteiger partial charge on any atom is -0.371 e. The molecule has 19 heteroatoms. The van der Waals surface area contributed by atoms with E-state index >= 15 is 0 Å².